The zero-order valence-corrected chi connectivity index (χ0v) is 10.9. The zero-order chi connectivity index (χ0) is 14.5. The molecule has 0 spiro atoms. The molecule has 114 valence electrons. The third kappa shape index (κ3) is 5.60. The Hall–Kier alpha value is -0.440. The molecule has 0 saturated carbocycles. The van der Waals surface area contributed by atoms with Crippen LogP contribution in [0, 0.1) is 0 Å². The molecule has 0 aromatic carbocycles. The van der Waals surface area contributed by atoms with Crippen molar-refractivity contribution in [1.29, 1.82) is 0 Å². The molecule has 0 unspecified atom stereocenters. The van der Waals surface area contributed by atoms with Gasteiger partial charge in [0.1, 0.15) is 0 Å². The van der Waals surface area contributed by atoms with Gasteiger partial charge in [-0.3, -0.25) is 9.80 Å². The maximum Gasteiger partial charge on any atom is 0.319 e. The van der Waals surface area contributed by atoms with Crippen LogP contribution in [0.2, 0.25) is 0 Å². The van der Waals surface area contributed by atoms with Gasteiger partial charge in [-0.1, -0.05) is 0 Å². The Balaban J connectivity index is 2.29. The van der Waals surface area contributed by atoms with Crippen molar-refractivity contribution in [2.45, 2.75) is 18.5 Å². The number of β-amino-alcohol motifs (C(OH)–C–C–N with tert-alkyl or cyclic N) is 1. The molecule has 1 aliphatic heterocycles. The standard InChI is InChI=1S/C11H20F4N2O2/c1-19-7-9(18)6-16-2-4-17(5-3-16)8-11(14,15)10(12)13/h9-10,18H,2-8H2,1H3/t9-/m1/s1. The van der Waals surface area contributed by atoms with E-state index in [9.17, 15) is 22.7 Å². The summed E-state index contributed by atoms with van der Waals surface area (Å²) in [5, 5.41) is 9.53. The first-order chi connectivity index (χ1) is 8.85. The Labute approximate surface area is 109 Å². The first-order valence-corrected chi connectivity index (χ1v) is 6.13. The molecule has 4 nitrogen and oxygen atoms in total. The number of aliphatic hydroxyl groups excluding tert-OH is 1. The average Bonchev–Trinajstić information content (AvgIpc) is 2.31. The molecule has 0 bridgehead atoms. The first kappa shape index (κ1) is 16.6. The molecule has 8 heteroatoms. The fraction of sp³-hybridized carbons (Fsp3) is 1.00. The number of aliphatic hydroxyl groups is 1. The lowest BCUT2D eigenvalue weighted by Crippen LogP contribution is -2.52. The van der Waals surface area contributed by atoms with Crippen LogP contribution in [0.1, 0.15) is 0 Å². The van der Waals surface area contributed by atoms with E-state index in [2.05, 4.69) is 0 Å². The number of nitrogens with zero attached hydrogens (tertiary/aromatic N) is 2. The van der Waals surface area contributed by atoms with Crippen molar-refractivity contribution in [3.8, 4) is 0 Å². The van der Waals surface area contributed by atoms with E-state index in [1.165, 1.54) is 12.0 Å². The minimum absolute atomic E-state index is 0.212. The van der Waals surface area contributed by atoms with Crippen molar-refractivity contribution >= 4 is 0 Å². The van der Waals surface area contributed by atoms with Crippen LogP contribution < -0.4 is 0 Å². The van der Waals surface area contributed by atoms with Crippen LogP contribution in [-0.2, 0) is 4.74 Å². The molecule has 0 aromatic heterocycles. The van der Waals surface area contributed by atoms with Crippen LogP contribution in [0.5, 0.6) is 0 Å². The van der Waals surface area contributed by atoms with E-state index in [0.29, 0.717) is 32.7 Å². The van der Waals surface area contributed by atoms with E-state index in [1.807, 2.05) is 4.90 Å². The summed E-state index contributed by atoms with van der Waals surface area (Å²) < 4.78 is 54.7. The number of piperazine rings is 1. The van der Waals surface area contributed by atoms with Gasteiger partial charge in [0, 0.05) is 39.8 Å². The summed E-state index contributed by atoms with van der Waals surface area (Å²) >= 11 is 0. The lowest BCUT2D eigenvalue weighted by Gasteiger charge is -2.36. The van der Waals surface area contributed by atoms with Gasteiger partial charge in [-0.05, 0) is 0 Å². The minimum atomic E-state index is -3.96. The molecule has 0 radical (unpaired) electrons. The molecule has 0 aromatic rings. The van der Waals surface area contributed by atoms with Gasteiger partial charge in [-0.2, -0.15) is 8.78 Å². The van der Waals surface area contributed by atoms with Gasteiger partial charge in [0.25, 0.3) is 0 Å². The maximum atomic E-state index is 12.9. The Morgan fingerprint density at radius 1 is 1.16 bits per heavy atom. The van der Waals surface area contributed by atoms with E-state index in [4.69, 9.17) is 4.74 Å². The van der Waals surface area contributed by atoms with Crippen molar-refractivity contribution in [2.75, 3.05) is 53.0 Å². The third-order valence-electron chi connectivity index (χ3n) is 3.05. The summed E-state index contributed by atoms with van der Waals surface area (Å²) in [7, 11) is 1.48. The average molecular weight is 288 g/mol. The van der Waals surface area contributed by atoms with Gasteiger partial charge >= 0.3 is 12.3 Å². The molecular weight excluding hydrogens is 268 g/mol. The van der Waals surface area contributed by atoms with Crippen molar-refractivity contribution in [2.24, 2.45) is 0 Å². The quantitative estimate of drug-likeness (QED) is 0.693. The highest BCUT2D eigenvalue weighted by Gasteiger charge is 2.42. The second-order valence-electron chi connectivity index (χ2n) is 4.75. The Bertz CT molecular complexity index is 261. The van der Waals surface area contributed by atoms with E-state index in [0.717, 1.165) is 0 Å². The van der Waals surface area contributed by atoms with Crippen LogP contribution in [0.15, 0.2) is 0 Å². The lowest BCUT2D eigenvalue weighted by atomic mass is 10.2. The molecule has 0 amide bonds. The molecule has 1 saturated heterocycles. The highest BCUT2D eigenvalue weighted by Crippen LogP contribution is 2.24. The molecule has 1 N–H and O–H groups in total. The number of ether oxygens (including phenoxy) is 1. The summed E-state index contributed by atoms with van der Waals surface area (Å²) in [4.78, 5) is 3.23. The molecule has 19 heavy (non-hydrogen) atoms. The normalized spacial score (nSPS) is 21.0. The summed E-state index contributed by atoms with van der Waals surface area (Å²) in [6.45, 7) is 1.22. The third-order valence-corrected chi connectivity index (χ3v) is 3.05. The van der Waals surface area contributed by atoms with Crippen LogP contribution in [-0.4, -0.2) is 86.3 Å². The van der Waals surface area contributed by atoms with Crippen LogP contribution in [0.25, 0.3) is 0 Å². The zero-order valence-electron chi connectivity index (χ0n) is 10.9. The summed E-state index contributed by atoms with van der Waals surface area (Å²) in [6, 6.07) is 0. The van der Waals surface area contributed by atoms with Gasteiger partial charge in [0.2, 0.25) is 0 Å². The number of hydrogen-bond acceptors (Lipinski definition) is 4. The number of alkyl halides is 4. The number of methoxy groups -OCH3 is 1. The predicted molar refractivity (Wildman–Crippen MR) is 61.7 cm³/mol. The van der Waals surface area contributed by atoms with Crippen LogP contribution in [0.3, 0.4) is 0 Å². The molecule has 1 rings (SSSR count). The van der Waals surface area contributed by atoms with E-state index < -0.39 is 25.0 Å². The SMILES string of the molecule is COC[C@H](O)CN1CCN(CC(F)(F)C(F)F)CC1. The van der Waals surface area contributed by atoms with Crippen molar-refractivity contribution in [1.82, 2.24) is 9.80 Å². The highest BCUT2D eigenvalue weighted by molar-refractivity contribution is 4.80. The van der Waals surface area contributed by atoms with Crippen molar-refractivity contribution in [3.05, 3.63) is 0 Å². The summed E-state index contributed by atoms with van der Waals surface area (Å²) in [6.07, 6.45) is -4.26. The maximum absolute atomic E-state index is 12.9. The largest absolute Gasteiger partial charge is 0.389 e. The second kappa shape index (κ2) is 7.37. The predicted octanol–water partition coefficient (Wildman–Crippen LogP) is 0.512. The number of halogens is 4. The Kier molecular flexibility index (Phi) is 6.45. The first-order valence-electron chi connectivity index (χ1n) is 6.13. The van der Waals surface area contributed by atoms with E-state index in [-0.39, 0.29) is 6.61 Å². The Morgan fingerprint density at radius 3 is 2.16 bits per heavy atom. The Morgan fingerprint density at radius 2 is 1.68 bits per heavy atom. The highest BCUT2D eigenvalue weighted by atomic mass is 19.3. The second-order valence-corrected chi connectivity index (χ2v) is 4.75. The number of hydrogen-bond donors (Lipinski definition) is 1. The molecular formula is C11H20F4N2O2. The topological polar surface area (TPSA) is 35.9 Å². The van der Waals surface area contributed by atoms with Gasteiger partial charge in [0.15, 0.2) is 0 Å². The number of rotatable bonds is 7. The van der Waals surface area contributed by atoms with E-state index >= 15 is 0 Å². The minimum Gasteiger partial charge on any atom is -0.389 e. The molecule has 1 atom stereocenters. The monoisotopic (exact) mass is 288 g/mol. The molecule has 0 aliphatic carbocycles. The van der Waals surface area contributed by atoms with Gasteiger partial charge in [-0.15, -0.1) is 0 Å². The van der Waals surface area contributed by atoms with Gasteiger partial charge in [-0.25, -0.2) is 8.78 Å². The molecule has 1 aliphatic rings. The fourth-order valence-electron chi connectivity index (χ4n) is 2.04. The summed E-state index contributed by atoms with van der Waals surface area (Å²) in [5.41, 5.74) is 0. The smallest absolute Gasteiger partial charge is 0.319 e. The van der Waals surface area contributed by atoms with Crippen molar-refractivity contribution in [3.63, 3.8) is 0 Å². The van der Waals surface area contributed by atoms with Crippen molar-refractivity contribution < 1.29 is 27.4 Å². The van der Waals surface area contributed by atoms with E-state index in [1.54, 1.807) is 0 Å². The van der Waals surface area contributed by atoms with Gasteiger partial charge < -0.3 is 9.84 Å². The molecule has 1 heterocycles. The summed E-state index contributed by atoms with van der Waals surface area (Å²) in [5.74, 6) is -3.96. The lowest BCUT2D eigenvalue weighted by molar-refractivity contribution is -0.145. The fourth-order valence-corrected chi connectivity index (χ4v) is 2.04. The molecule has 1 fully saturated rings. The van der Waals surface area contributed by atoms with Crippen LogP contribution >= 0.6 is 0 Å². The van der Waals surface area contributed by atoms with Crippen LogP contribution in [0.4, 0.5) is 17.6 Å². The van der Waals surface area contributed by atoms with Gasteiger partial charge in [0.05, 0.1) is 19.3 Å².